The van der Waals surface area contributed by atoms with E-state index in [4.69, 9.17) is 22.9 Å². The molecular weight excluding hydrogens is 793 g/mol. The highest BCUT2D eigenvalue weighted by Gasteiger charge is 2.48. The van der Waals surface area contributed by atoms with Crippen molar-refractivity contribution in [1.82, 2.24) is 35.4 Å². The molecule has 15 nitrogen and oxygen atoms in total. The van der Waals surface area contributed by atoms with Crippen LogP contribution in [0.2, 0.25) is 5.02 Å². The third-order valence-electron chi connectivity index (χ3n) is 13.6. The number of hydrogen-bond acceptors (Lipinski definition) is 10. The summed E-state index contributed by atoms with van der Waals surface area (Å²) in [5.41, 5.74) is 1.14. The number of aromatic nitrogens is 3. The molecule has 5 heterocycles. The SMILES string of the molecule is [C-]#[N+]c1ccc(OC2CCC(NC(=O)c3cn(C4CCC(CN5CCC6(CC5)CN(c5cc7c(cc5F)C(=O)N(C5CCC(=O)NC5=O)C7=O)C6)CC4)nn3)CC2)cc1Cl. The Bertz CT molecular complexity index is 2260. The van der Waals surface area contributed by atoms with E-state index < -0.39 is 35.5 Å². The fourth-order valence-electron chi connectivity index (χ4n) is 10.1. The molecule has 17 heteroatoms. The van der Waals surface area contributed by atoms with Crippen molar-refractivity contribution in [3.05, 3.63) is 75.6 Å². The van der Waals surface area contributed by atoms with Gasteiger partial charge >= 0.3 is 0 Å². The van der Waals surface area contributed by atoms with Crippen molar-refractivity contribution in [2.45, 2.75) is 101 Å². The quantitative estimate of drug-likeness (QED) is 0.209. The molecule has 4 aliphatic heterocycles. The second-order valence-electron chi connectivity index (χ2n) is 17.5. The van der Waals surface area contributed by atoms with Crippen LogP contribution in [0.5, 0.6) is 5.75 Å². The zero-order valence-corrected chi connectivity index (χ0v) is 34.0. The van der Waals surface area contributed by atoms with Crippen LogP contribution in [-0.4, -0.2) is 105 Å². The Hall–Kier alpha value is -5.40. The number of anilines is 1. The van der Waals surface area contributed by atoms with Crippen LogP contribution in [0.25, 0.3) is 4.85 Å². The molecule has 1 aromatic heterocycles. The second kappa shape index (κ2) is 16.2. The van der Waals surface area contributed by atoms with Crippen molar-refractivity contribution in [3.63, 3.8) is 0 Å². The lowest BCUT2D eigenvalue weighted by Crippen LogP contribution is -2.61. The van der Waals surface area contributed by atoms with E-state index in [0.717, 1.165) is 94.8 Å². The van der Waals surface area contributed by atoms with Crippen molar-refractivity contribution in [3.8, 4) is 5.75 Å². The van der Waals surface area contributed by atoms with Crippen LogP contribution in [0.1, 0.15) is 114 Å². The minimum Gasteiger partial charge on any atom is -0.490 e. The summed E-state index contributed by atoms with van der Waals surface area (Å²) in [4.78, 5) is 72.3. The van der Waals surface area contributed by atoms with Crippen molar-refractivity contribution >= 4 is 52.5 Å². The van der Waals surface area contributed by atoms with E-state index in [1.54, 1.807) is 24.4 Å². The minimum absolute atomic E-state index is 0.0221. The Labute approximate surface area is 351 Å². The molecule has 0 radical (unpaired) electrons. The molecule has 2 N–H and O–H groups in total. The number of halogens is 2. The fourth-order valence-corrected chi connectivity index (χ4v) is 10.3. The van der Waals surface area contributed by atoms with Gasteiger partial charge in [-0.2, -0.15) is 0 Å². The molecule has 9 rings (SSSR count). The number of benzene rings is 2. The number of carbonyl (C=O) groups excluding carboxylic acids is 5. The summed E-state index contributed by atoms with van der Waals surface area (Å²) in [6.07, 6.45) is 11.1. The molecule has 2 aliphatic carbocycles. The van der Waals surface area contributed by atoms with Gasteiger partial charge in [-0.25, -0.2) is 13.9 Å². The van der Waals surface area contributed by atoms with Crippen LogP contribution < -0.4 is 20.3 Å². The summed E-state index contributed by atoms with van der Waals surface area (Å²) in [5.74, 6) is -2.04. The van der Waals surface area contributed by atoms with Crippen LogP contribution in [0.4, 0.5) is 15.8 Å². The molecular formula is C43H47ClFN9O6. The molecule has 60 heavy (non-hydrogen) atoms. The number of amides is 5. The molecule has 314 valence electrons. The molecule has 6 aliphatic rings. The predicted molar refractivity (Wildman–Crippen MR) is 216 cm³/mol. The molecule has 2 aromatic carbocycles. The molecule has 1 unspecified atom stereocenters. The molecule has 5 fully saturated rings. The number of nitrogens with one attached hydrogen (secondary N) is 2. The number of fused-ring (bicyclic) bond motifs is 1. The van der Waals surface area contributed by atoms with E-state index in [0.29, 0.717) is 46.8 Å². The van der Waals surface area contributed by atoms with Gasteiger partial charge in [-0.1, -0.05) is 22.9 Å². The third-order valence-corrected chi connectivity index (χ3v) is 13.9. The number of piperidine rings is 2. The van der Waals surface area contributed by atoms with E-state index in [1.165, 1.54) is 6.07 Å². The number of likely N-dealkylation sites (tertiary alicyclic amines) is 1. The molecule has 1 spiro atoms. The monoisotopic (exact) mass is 839 g/mol. The Morgan fingerprint density at radius 1 is 0.967 bits per heavy atom. The smallest absolute Gasteiger partial charge is 0.273 e. The first-order valence-electron chi connectivity index (χ1n) is 21.0. The van der Waals surface area contributed by atoms with Crippen LogP contribution in [0.3, 0.4) is 0 Å². The highest BCUT2D eigenvalue weighted by Crippen LogP contribution is 2.45. The van der Waals surface area contributed by atoms with Gasteiger partial charge in [-0.3, -0.25) is 34.2 Å². The first kappa shape index (κ1) is 40.0. The maximum Gasteiger partial charge on any atom is 0.273 e. The summed E-state index contributed by atoms with van der Waals surface area (Å²) in [7, 11) is 0. The number of nitrogens with zero attached hydrogens (tertiary/aromatic N) is 7. The van der Waals surface area contributed by atoms with Crippen molar-refractivity contribution in [1.29, 1.82) is 0 Å². The van der Waals surface area contributed by atoms with Crippen molar-refractivity contribution in [2.24, 2.45) is 11.3 Å². The van der Waals surface area contributed by atoms with Gasteiger partial charge in [0, 0.05) is 37.5 Å². The number of carbonyl (C=O) groups is 5. The van der Waals surface area contributed by atoms with E-state index >= 15 is 4.39 Å². The zero-order valence-electron chi connectivity index (χ0n) is 33.2. The van der Waals surface area contributed by atoms with E-state index in [2.05, 4.69) is 30.7 Å². The van der Waals surface area contributed by atoms with E-state index in [9.17, 15) is 24.0 Å². The van der Waals surface area contributed by atoms with Gasteiger partial charge < -0.3 is 19.9 Å². The molecule has 2 saturated carbocycles. The van der Waals surface area contributed by atoms with Gasteiger partial charge in [-0.15, -0.1) is 5.10 Å². The van der Waals surface area contributed by atoms with E-state index in [1.807, 2.05) is 9.58 Å². The van der Waals surface area contributed by atoms with Gasteiger partial charge in [0.05, 0.1) is 46.8 Å². The first-order chi connectivity index (χ1) is 29.0. The highest BCUT2D eigenvalue weighted by atomic mass is 35.5. The molecule has 3 aromatic rings. The molecule has 1 atom stereocenters. The maximum atomic E-state index is 15.4. The van der Waals surface area contributed by atoms with Crippen LogP contribution in [-0.2, 0) is 9.59 Å². The Morgan fingerprint density at radius 3 is 2.37 bits per heavy atom. The Balaban J connectivity index is 0.696. The van der Waals surface area contributed by atoms with Crippen molar-refractivity contribution < 1.29 is 33.1 Å². The van der Waals surface area contributed by atoms with E-state index in [-0.39, 0.29) is 53.5 Å². The predicted octanol–water partition coefficient (Wildman–Crippen LogP) is 5.48. The molecule has 0 bridgehead atoms. The van der Waals surface area contributed by atoms with Crippen LogP contribution >= 0.6 is 11.6 Å². The highest BCUT2D eigenvalue weighted by molar-refractivity contribution is 6.33. The number of rotatable bonds is 9. The van der Waals surface area contributed by atoms with Crippen LogP contribution in [0.15, 0.2) is 36.5 Å². The van der Waals surface area contributed by atoms with Gasteiger partial charge in [-0.05, 0) is 114 Å². The Morgan fingerprint density at radius 2 is 1.68 bits per heavy atom. The summed E-state index contributed by atoms with van der Waals surface area (Å²) < 4.78 is 23.4. The van der Waals surface area contributed by atoms with Gasteiger partial charge in [0.15, 0.2) is 5.69 Å². The lowest BCUT2D eigenvalue weighted by molar-refractivity contribution is -0.136. The lowest BCUT2D eigenvalue weighted by atomic mass is 9.71. The van der Waals surface area contributed by atoms with Gasteiger partial charge in [0.1, 0.15) is 17.6 Å². The van der Waals surface area contributed by atoms with Crippen molar-refractivity contribution in [2.75, 3.05) is 37.6 Å². The normalized spacial score (nSPS) is 26.6. The summed E-state index contributed by atoms with van der Waals surface area (Å²) >= 11 is 6.16. The van der Waals surface area contributed by atoms with Gasteiger partial charge in [0.25, 0.3) is 17.7 Å². The molecule has 3 saturated heterocycles. The van der Waals surface area contributed by atoms with Gasteiger partial charge in [0.2, 0.25) is 17.5 Å². The first-order valence-corrected chi connectivity index (χ1v) is 21.4. The largest absolute Gasteiger partial charge is 0.490 e. The summed E-state index contributed by atoms with van der Waals surface area (Å²) in [5, 5.41) is 14.3. The summed E-state index contributed by atoms with van der Waals surface area (Å²) in [6, 6.07) is 6.82. The zero-order chi connectivity index (χ0) is 41.7. The maximum absolute atomic E-state index is 15.4. The average Bonchev–Trinajstić information content (AvgIpc) is 3.81. The topological polar surface area (TPSA) is 163 Å². The minimum atomic E-state index is -1.09. The number of imide groups is 2. The standard InChI is InChI=1S/C43H47ClFN9O6/c1-46-34-11-10-29(18-32(34)44)60-28-8-4-26(5-9-28)47-39(56)35-22-53(50-49-35)27-6-2-25(3-7-27)21-51-16-14-43(15-17-51)23-52(24-43)37-20-31-30(19-33(37)45)41(58)54(42(31)59)36-12-13-38(55)48-40(36)57/h10-11,18-20,22,25-28,36H,2-9,12-17,21,23-24H2,(H,47,56)(H,48,55,57). The average molecular weight is 840 g/mol. The number of ether oxygens (including phenoxy) is 1. The van der Waals surface area contributed by atoms with Crippen LogP contribution in [0, 0.1) is 23.7 Å². The third kappa shape index (κ3) is 7.85. The molecule has 5 amide bonds. The number of hydrogen-bond donors (Lipinski definition) is 2. The Kier molecular flexibility index (Phi) is 10.8. The lowest BCUT2D eigenvalue weighted by Gasteiger charge is -2.55. The second-order valence-corrected chi connectivity index (χ2v) is 17.9. The fraction of sp³-hybridized carbons (Fsp3) is 0.535. The summed E-state index contributed by atoms with van der Waals surface area (Å²) in [6.45, 7) is 11.5.